The molecule has 0 aliphatic carbocycles. The Kier molecular flexibility index (Phi) is 3.89. The van der Waals surface area contributed by atoms with Crippen LogP contribution in [-0.4, -0.2) is 13.3 Å². The van der Waals surface area contributed by atoms with Crippen molar-refractivity contribution in [3.63, 3.8) is 0 Å². The highest BCUT2D eigenvalue weighted by Crippen LogP contribution is 2.21. The zero-order chi connectivity index (χ0) is 10.6. The van der Waals surface area contributed by atoms with Crippen molar-refractivity contribution in [2.75, 3.05) is 13.3 Å². The Labute approximate surface area is 83.9 Å². The van der Waals surface area contributed by atoms with Crippen LogP contribution in [0.4, 0.5) is 4.39 Å². The van der Waals surface area contributed by atoms with Crippen LogP contribution in [0.1, 0.15) is 24.1 Å². The van der Waals surface area contributed by atoms with Crippen LogP contribution in [0.3, 0.4) is 0 Å². The number of benzene rings is 1. The van der Waals surface area contributed by atoms with Crippen LogP contribution in [0.5, 0.6) is 5.75 Å². The lowest BCUT2D eigenvalue weighted by molar-refractivity contribution is 0.272. The topological polar surface area (TPSA) is 35.2 Å². The molecule has 0 fully saturated rings. The predicted octanol–water partition coefficient (Wildman–Crippen LogP) is 2.36. The van der Waals surface area contributed by atoms with E-state index in [0.717, 1.165) is 16.9 Å². The molecule has 3 heteroatoms. The van der Waals surface area contributed by atoms with Crippen molar-refractivity contribution in [3.05, 3.63) is 29.3 Å². The van der Waals surface area contributed by atoms with E-state index in [1.165, 1.54) is 0 Å². The highest BCUT2D eigenvalue weighted by Gasteiger charge is 2.03. The first-order valence-electron chi connectivity index (χ1n) is 4.70. The van der Waals surface area contributed by atoms with E-state index in [1.807, 2.05) is 32.0 Å². The summed E-state index contributed by atoms with van der Waals surface area (Å²) >= 11 is 0. The zero-order valence-electron chi connectivity index (χ0n) is 8.59. The molecule has 0 saturated carbocycles. The molecule has 14 heavy (non-hydrogen) atoms. The van der Waals surface area contributed by atoms with Crippen molar-refractivity contribution in [2.45, 2.75) is 19.9 Å². The second-order valence-corrected chi connectivity index (χ2v) is 3.35. The lowest BCUT2D eigenvalue weighted by Gasteiger charge is -2.11. The Bertz CT molecular complexity index is 299. The van der Waals surface area contributed by atoms with Gasteiger partial charge in [-0.3, -0.25) is 0 Å². The van der Waals surface area contributed by atoms with E-state index in [-0.39, 0.29) is 12.6 Å². The fraction of sp³-hybridized carbons (Fsp3) is 0.455. The molecule has 0 bridgehead atoms. The lowest BCUT2D eigenvalue weighted by atomic mass is 10.1. The van der Waals surface area contributed by atoms with Crippen LogP contribution >= 0.6 is 0 Å². The number of rotatable bonds is 4. The number of aryl methyl sites for hydroxylation is 1. The van der Waals surface area contributed by atoms with Gasteiger partial charge in [0.15, 0.2) is 0 Å². The summed E-state index contributed by atoms with van der Waals surface area (Å²) in [6.45, 7) is 3.50. The number of alkyl halides is 1. The average molecular weight is 197 g/mol. The summed E-state index contributed by atoms with van der Waals surface area (Å²) in [5.41, 5.74) is 7.79. The van der Waals surface area contributed by atoms with Crippen LogP contribution in [-0.2, 0) is 0 Å². The molecule has 0 unspecified atom stereocenters. The fourth-order valence-electron chi connectivity index (χ4n) is 1.27. The molecule has 0 saturated heterocycles. The molecule has 0 amide bonds. The molecule has 78 valence electrons. The minimum absolute atomic E-state index is 0.0175. The van der Waals surface area contributed by atoms with Crippen LogP contribution in [0.2, 0.25) is 0 Å². The fourth-order valence-corrected chi connectivity index (χ4v) is 1.27. The standard InChI is InChI=1S/C11H16FNO/c1-8-7-10(9(2)13)3-4-11(8)14-6-5-12/h3-4,7,9H,5-6,13H2,1-2H3/t9-/m0/s1. The van der Waals surface area contributed by atoms with E-state index in [9.17, 15) is 4.39 Å². The Hall–Kier alpha value is -1.09. The molecule has 2 N–H and O–H groups in total. The molecule has 1 aromatic rings. The Balaban J connectivity index is 2.79. The highest BCUT2D eigenvalue weighted by atomic mass is 19.1. The second kappa shape index (κ2) is 4.96. The van der Waals surface area contributed by atoms with E-state index in [2.05, 4.69) is 0 Å². The first-order chi connectivity index (χ1) is 6.65. The third-order valence-corrected chi connectivity index (χ3v) is 2.06. The molecular weight excluding hydrogens is 181 g/mol. The minimum atomic E-state index is -0.464. The molecule has 1 atom stereocenters. The maximum absolute atomic E-state index is 11.9. The molecule has 1 aromatic carbocycles. The van der Waals surface area contributed by atoms with Gasteiger partial charge in [0.2, 0.25) is 0 Å². The number of ether oxygens (including phenoxy) is 1. The second-order valence-electron chi connectivity index (χ2n) is 3.35. The smallest absolute Gasteiger partial charge is 0.123 e. The van der Waals surface area contributed by atoms with Gasteiger partial charge in [0.1, 0.15) is 19.0 Å². The summed E-state index contributed by atoms with van der Waals surface area (Å²) in [5.74, 6) is 0.729. The number of halogens is 1. The number of nitrogens with two attached hydrogens (primary N) is 1. The quantitative estimate of drug-likeness (QED) is 0.804. The Morgan fingerprint density at radius 1 is 1.50 bits per heavy atom. The average Bonchev–Trinajstić information content (AvgIpc) is 2.15. The SMILES string of the molecule is Cc1cc([C@H](C)N)ccc1OCCF. The Morgan fingerprint density at radius 3 is 2.71 bits per heavy atom. The van der Waals surface area contributed by atoms with Gasteiger partial charge in [-0.2, -0.15) is 0 Å². The first kappa shape index (κ1) is 11.0. The molecular formula is C11H16FNO. The molecule has 1 rings (SSSR count). The summed E-state index contributed by atoms with van der Waals surface area (Å²) in [7, 11) is 0. The van der Waals surface area contributed by atoms with Crippen LogP contribution in [0.25, 0.3) is 0 Å². The van der Waals surface area contributed by atoms with Crippen molar-refractivity contribution < 1.29 is 9.13 Å². The van der Waals surface area contributed by atoms with Crippen molar-refractivity contribution in [1.82, 2.24) is 0 Å². The van der Waals surface area contributed by atoms with Crippen molar-refractivity contribution in [1.29, 1.82) is 0 Å². The monoisotopic (exact) mass is 197 g/mol. The highest BCUT2D eigenvalue weighted by molar-refractivity contribution is 5.37. The minimum Gasteiger partial charge on any atom is -0.491 e. The summed E-state index contributed by atoms with van der Waals surface area (Å²) in [5, 5.41) is 0. The molecule has 0 heterocycles. The summed E-state index contributed by atoms with van der Waals surface area (Å²) < 4.78 is 17.1. The third kappa shape index (κ3) is 2.70. The van der Waals surface area contributed by atoms with E-state index in [0.29, 0.717) is 0 Å². The molecule has 0 aromatic heterocycles. The van der Waals surface area contributed by atoms with Gasteiger partial charge < -0.3 is 10.5 Å². The maximum Gasteiger partial charge on any atom is 0.123 e. The van der Waals surface area contributed by atoms with E-state index < -0.39 is 6.67 Å². The molecule has 2 nitrogen and oxygen atoms in total. The van der Waals surface area contributed by atoms with Crippen molar-refractivity contribution in [2.24, 2.45) is 5.73 Å². The van der Waals surface area contributed by atoms with E-state index in [1.54, 1.807) is 0 Å². The predicted molar refractivity (Wildman–Crippen MR) is 55.3 cm³/mol. The molecule has 0 aliphatic rings. The number of hydrogen-bond donors (Lipinski definition) is 1. The largest absolute Gasteiger partial charge is 0.491 e. The van der Waals surface area contributed by atoms with Crippen LogP contribution < -0.4 is 10.5 Å². The van der Waals surface area contributed by atoms with Gasteiger partial charge in [0.05, 0.1) is 0 Å². The van der Waals surface area contributed by atoms with Gasteiger partial charge in [-0.1, -0.05) is 12.1 Å². The van der Waals surface area contributed by atoms with Gasteiger partial charge in [0.25, 0.3) is 0 Å². The number of hydrogen-bond acceptors (Lipinski definition) is 2. The lowest BCUT2D eigenvalue weighted by Crippen LogP contribution is -2.06. The maximum atomic E-state index is 11.9. The molecule has 0 radical (unpaired) electrons. The zero-order valence-corrected chi connectivity index (χ0v) is 8.59. The third-order valence-electron chi connectivity index (χ3n) is 2.06. The van der Waals surface area contributed by atoms with Gasteiger partial charge >= 0.3 is 0 Å². The van der Waals surface area contributed by atoms with Gasteiger partial charge in [0, 0.05) is 6.04 Å². The van der Waals surface area contributed by atoms with Gasteiger partial charge in [-0.15, -0.1) is 0 Å². The van der Waals surface area contributed by atoms with Crippen LogP contribution in [0, 0.1) is 6.92 Å². The van der Waals surface area contributed by atoms with E-state index >= 15 is 0 Å². The molecule has 0 aliphatic heterocycles. The summed E-state index contributed by atoms with van der Waals surface area (Å²) in [6.07, 6.45) is 0. The van der Waals surface area contributed by atoms with Crippen LogP contribution in [0.15, 0.2) is 18.2 Å². The first-order valence-corrected chi connectivity index (χ1v) is 4.70. The van der Waals surface area contributed by atoms with Gasteiger partial charge in [-0.25, -0.2) is 4.39 Å². The summed E-state index contributed by atoms with van der Waals surface area (Å²) in [6, 6.07) is 5.73. The van der Waals surface area contributed by atoms with Gasteiger partial charge in [-0.05, 0) is 31.0 Å². The normalized spacial score (nSPS) is 12.6. The summed E-state index contributed by atoms with van der Waals surface area (Å²) in [4.78, 5) is 0. The Morgan fingerprint density at radius 2 is 2.21 bits per heavy atom. The van der Waals surface area contributed by atoms with Crippen molar-refractivity contribution >= 4 is 0 Å². The van der Waals surface area contributed by atoms with E-state index in [4.69, 9.17) is 10.5 Å². The molecule has 0 spiro atoms. The van der Waals surface area contributed by atoms with Crippen molar-refractivity contribution in [3.8, 4) is 5.75 Å².